The Kier molecular flexibility index (Phi) is 5.90. The summed E-state index contributed by atoms with van der Waals surface area (Å²) in [5.41, 5.74) is 3.19. The molecule has 0 unspecified atom stereocenters. The predicted molar refractivity (Wildman–Crippen MR) is 113 cm³/mol. The van der Waals surface area contributed by atoms with Crippen molar-refractivity contribution in [2.45, 2.75) is 13.8 Å². The first kappa shape index (κ1) is 20.2. The van der Waals surface area contributed by atoms with Crippen molar-refractivity contribution in [3.63, 3.8) is 0 Å². The average Bonchev–Trinajstić information content (AvgIpc) is 2.89. The number of phenols is 1. The lowest BCUT2D eigenvalue weighted by Gasteiger charge is -2.14. The molecule has 28 heavy (non-hydrogen) atoms. The minimum atomic E-state index is -0.518. The number of imide groups is 1. The summed E-state index contributed by atoms with van der Waals surface area (Å²) in [5.74, 6) is -0.881. The summed E-state index contributed by atoms with van der Waals surface area (Å²) in [6, 6.07) is 10.4. The van der Waals surface area contributed by atoms with Gasteiger partial charge >= 0.3 is 0 Å². The lowest BCUT2D eigenvalue weighted by Crippen LogP contribution is -2.36. The van der Waals surface area contributed by atoms with E-state index < -0.39 is 17.1 Å². The molecule has 2 N–H and O–H groups in total. The molecule has 0 aromatic heterocycles. The minimum Gasteiger partial charge on any atom is -0.507 e. The first-order valence-corrected chi connectivity index (χ1v) is 9.96. The number of nitrogens with one attached hydrogen (secondary N) is 1. The molecule has 3 amide bonds. The maximum Gasteiger partial charge on any atom is 0.294 e. The van der Waals surface area contributed by atoms with Gasteiger partial charge in [0, 0.05) is 5.69 Å². The van der Waals surface area contributed by atoms with Gasteiger partial charge in [0.2, 0.25) is 5.91 Å². The number of carbonyl (C=O) groups excluding carboxylic acids is 3. The summed E-state index contributed by atoms with van der Waals surface area (Å²) in [5, 5.41) is 11.8. The van der Waals surface area contributed by atoms with Crippen molar-refractivity contribution in [2.75, 3.05) is 11.9 Å². The standard InChI is InChI=1S/C20H17BrN2O4S/c1-11-3-4-12(2)15(7-11)22-18(25)10-23-19(26)17(28-20(23)27)9-13-5-6-16(24)14(21)8-13/h3-9,24H,10H2,1-2H3,(H,22,25)/b17-9+. The van der Waals surface area contributed by atoms with Gasteiger partial charge < -0.3 is 10.4 Å². The van der Waals surface area contributed by atoms with E-state index in [0.717, 1.165) is 27.8 Å². The molecule has 1 saturated heterocycles. The van der Waals surface area contributed by atoms with Crippen molar-refractivity contribution >= 4 is 56.5 Å². The van der Waals surface area contributed by atoms with Crippen molar-refractivity contribution < 1.29 is 19.5 Å². The summed E-state index contributed by atoms with van der Waals surface area (Å²) in [6.07, 6.45) is 1.55. The Morgan fingerprint density at radius 1 is 1.21 bits per heavy atom. The van der Waals surface area contributed by atoms with Crippen molar-refractivity contribution in [1.29, 1.82) is 0 Å². The molecule has 2 aromatic rings. The van der Waals surface area contributed by atoms with Gasteiger partial charge in [0.1, 0.15) is 12.3 Å². The molecule has 8 heteroatoms. The monoisotopic (exact) mass is 460 g/mol. The van der Waals surface area contributed by atoms with Crippen LogP contribution >= 0.6 is 27.7 Å². The van der Waals surface area contributed by atoms with Crippen LogP contribution in [-0.4, -0.2) is 33.6 Å². The van der Waals surface area contributed by atoms with E-state index >= 15 is 0 Å². The van der Waals surface area contributed by atoms with Gasteiger partial charge in [-0.25, -0.2) is 0 Å². The maximum absolute atomic E-state index is 12.6. The van der Waals surface area contributed by atoms with Crippen LogP contribution in [0, 0.1) is 13.8 Å². The van der Waals surface area contributed by atoms with E-state index in [2.05, 4.69) is 21.2 Å². The number of anilines is 1. The van der Waals surface area contributed by atoms with Crippen LogP contribution in [-0.2, 0) is 9.59 Å². The molecule has 2 aromatic carbocycles. The number of nitrogens with zero attached hydrogens (tertiary/aromatic N) is 1. The Morgan fingerprint density at radius 2 is 1.96 bits per heavy atom. The number of halogens is 1. The van der Waals surface area contributed by atoms with Gasteiger partial charge in [-0.3, -0.25) is 19.3 Å². The molecule has 1 aliphatic rings. The highest BCUT2D eigenvalue weighted by Crippen LogP contribution is 2.33. The number of carbonyl (C=O) groups is 3. The van der Waals surface area contributed by atoms with E-state index in [9.17, 15) is 19.5 Å². The quantitative estimate of drug-likeness (QED) is 0.658. The molecule has 1 aliphatic heterocycles. The Hall–Kier alpha value is -2.58. The van der Waals surface area contributed by atoms with E-state index in [4.69, 9.17) is 0 Å². The first-order valence-electron chi connectivity index (χ1n) is 8.35. The fourth-order valence-electron chi connectivity index (χ4n) is 2.60. The van der Waals surface area contributed by atoms with Crippen LogP contribution in [0.2, 0.25) is 0 Å². The third kappa shape index (κ3) is 4.45. The number of hydrogen-bond donors (Lipinski definition) is 2. The van der Waals surface area contributed by atoms with E-state index in [0.29, 0.717) is 15.7 Å². The first-order chi connectivity index (χ1) is 13.2. The number of aryl methyl sites for hydroxylation is 2. The van der Waals surface area contributed by atoms with Gasteiger partial charge in [-0.1, -0.05) is 18.2 Å². The molecule has 3 rings (SSSR count). The lowest BCUT2D eigenvalue weighted by atomic mass is 10.1. The zero-order valence-electron chi connectivity index (χ0n) is 15.2. The number of rotatable bonds is 4. The van der Waals surface area contributed by atoms with Crippen molar-refractivity contribution in [3.05, 3.63) is 62.5 Å². The Labute approximate surface area is 174 Å². The second kappa shape index (κ2) is 8.20. The van der Waals surface area contributed by atoms with Gasteiger partial charge in [-0.15, -0.1) is 0 Å². The van der Waals surface area contributed by atoms with Crippen LogP contribution in [0.4, 0.5) is 10.5 Å². The predicted octanol–water partition coefficient (Wildman–Crippen LogP) is 4.45. The molecule has 6 nitrogen and oxygen atoms in total. The molecular weight excluding hydrogens is 444 g/mol. The van der Waals surface area contributed by atoms with E-state index in [1.165, 1.54) is 6.07 Å². The number of benzene rings is 2. The SMILES string of the molecule is Cc1ccc(C)c(NC(=O)CN2C(=O)S/C(=C/c3ccc(O)c(Br)c3)C2=O)c1. The molecule has 1 heterocycles. The smallest absolute Gasteiger partial charge is 0.294 e. The van der Waals surface area contributed by atoms with Crippen molar-refractivity contribution in [2.24, 2.45) is 0 Å². The number of amides is 3. The van der Waals surface area contributed by atoms with E-state index in [1.54, 1.807) is 18.2 Å². The molecule has 0 radical (unpaired) electrons. The fraction of sp³-hybridized carbons (Fsp3) is 0.150. The van der Waals surface area contributed by atoms with Gasteiger partial charge in [-0.05, 0) is 82.5 Å². The Morgan fingerprint density at radius 3 is 2.68 bits per heavy atom. The van der Waals surface area contributed by atoms with Crippen LogP contribution in [0.15, 0.2) is 45.8 Å². The lowest BCUT2D eigenvalue weighted by molar-refractivity contribution is -0.127. The molecule has 0 saturated carbocycles. The summed E-state index contributed by atoms with van der Waals surface area (Å²) in [6.45, 7) is 3.43. The summed E-state index contributed by atoms with van der Waals surface area (Å²) in [4.78, 5) is 38.3. The highest BCUT2D eigenvalue weighted by atomic mass is 79.9. The molecular formula is C20H17BrN2O4S. The van der Waals surface area contributed by atoms with E-state index in [-0.39, 0.29) is 17.2 Å². The van der Waals surface area contributed by atoms with Gasteiger partial charge in [0.25, 0.3) is 11.1 Å². The second-order valence-electron chi connectivity index (χ2n) is 6.35. The second-order valence-corrected chi connectivity index (χ2v) is 8.19. The van der Waals surface area contributed by atoms with Gasteiger partial charge in [0.05, 0.1) is 9.38 Å². The molecule has 0 bridgehead atoms. The van der Waals surface area contributed by atoms with E-state index in [1.807, 2.05) is 32.0 Å². The zero-order chi connectivity index (χ0) is 20.4. The average molecular weight is 461 g/mol. The third-order valence-electron chi connectivity index (χ3n) is 4.11. The fourth-order valence-corrected chi connectivity index (χ4v) is 3.84. The zero-order valence-corrected chi connectivity index (χ0v) is 17.6. The maximum atomic E-state index is 12.6. The number of hydrogen-bond acceptors (Lipinski definition) is 5. The van der Waals surface area contributed by atoms with Crippen LogP contribution in [0.3, 0.4) is 0 Å². The number of aromatic hydroxyl groups is 1. The molecule has 1 fully saturated rings. The third-order valence-corrected chi connectivity index (χ3v) is 5.65. The molecule has 0 spiro atoms. The van der Waals surface area contributed by atoms with Crippen LogP contribution in [0.5, 0.6) is 5.75 Å². The van der Waals surface area contributed by atoms with Gasteiger partial charge in [-0.2, -0.15) is 0 Å². The van der Waals surface area contributed by atoms with Crippen LogP contribution in [0.1, 0.15) is 16.7 Å². The van der Waals surface area contributed by atoms with Crippen molar-refractivity contribution in [1.82, 2.24) is 4.90 Å². The highest BCUT2D eigenvalue weighted by Gasteiger charge is 2.36. The number of phenolic OH excluding ortho intramolecular Hbond substituents is 1. The Bertz CT molecular complexity index is 1020. The Balaban J connectivity index is 1.72. The summed E-state index contributed by atoms with van der Waals surface area (Å²) in [7, 11) is 0. The minimum absolute atomic E-state index is 0.0772. The topological polar surface area (TPSA) is 86.7 Å². The van der Waals surface area contributed by atoms with Crippen LogP contribution < -0.4 is 5.32 Å². The molecule has 144 valence electrons. The van der Waals surface area contributed by atoms with Crippen LogP contribution in [0.25, 0.3) is 6.08 Å². The highest BCUT2D eigenvalue weighted by molar-refractivity contribution is 9.10. The summed E-state index contributed by atoms with van der Waals surface area (Å²) >= 11 is 3.99. The molecule has 0 aliphatic carbocycles. The number of thioether (sulfide) groups is 1. The summed E-state index contributed by atoms with van der Waals surface area (Å²) < 4.78 is 0.480. The normalized spacial score (nSPS) is 15.4. The van der Waals surface area contributed by atoms with Gasteiger partial charge in [0.15, 0.2) is 0 Å². The largest absolute Gasteiger partial charge is 0.507 e. The molecule has 0 atom stereocenters. The van der Waals surface area contributed by atoms with Crippen molar-refractivity contribution in [3.8, 4) is 5.75 Å².